The molecule has 0 bridgehead atoms. The molecule has 1 aliphatic rings. The van der Waals surface area contributed by atoms with Crippen molar-refractivity contribution in [2.45, 2.75) is 71.6 Å². The van der Waals surface area contributed by atoms with Gasteiger partial charge < -0.3 is 10.2 Å². The molecule has 0 amide bonds. The molecule has 2 rings (SSSR count). The second kappa shape index (κ2) is 13.9. The first-order chi connectivity index (χ1) is 13.0. The first-order valence-electron chi connectivity index (χ1n) is 10.1. The van der Waals surface area contributed by atoms with Crippen LogP contribution in [0.2, 0.25) is 0 Å². The van der Waals surface area contributed by atoms with Gasteiger partial charge in [0.05, 0.1) is 0 Å². The molecule has 1 fully saturated rings. The third-order valence-electron chi connectivity index (χ3n) is 4.80. The third kappa shape index (κ3) is 11.2. The zero-order valence-corrected chi connectivity index (χ0v) is 16.8. The van der Waals surface area contributed by atoms with Gasteiger partial charge in [0.1, 0.15) is 5.75 Å². The molecule has 1 atom stereocenters. The van der Waals surface area contributed by atoms with E-state index in [1.807, 2.05) is 13.0 Å². The summed E-state index contributed by atoms with van der Waals surface area (Å²) in [7, 11) is 0. The highest BCUT2D eigenvalue weighted by molar-refractivity contribution is 5.66. The summed E-state index contributed by atoms with van der Waals surface area (Å²) in [5, 5.41) is 17.7. The SMILES string of the molecule is CC#CCC(C)C/C=C/C1CCCC1.O=C(O)CCCc1ccccc1O. The number of para-hydroxylation sites is 1. The van der Waals surface area contributed by atoms with Gasteiger partial charge in [-0.15, -0.1) is 11.8 Å². The van der Waals surface area contributed by atoms with E-state index >= 15 is 0 Å². The Morgan fingerprint density at radius 3 is 2.63 bits per heavy atom. The maximum atomic E-state index is 10.2. The first kappa shape index (κ1) is 22.8. The molecule has 3 heteroatoms. The van der Waals surface area contributed by atoms with Crippen LogP contribution < -0.4 is 0 Å². The van der Waals surface area contributed by atoms with Crippen LogP contribution in [-0.4, -0.2) is 16.2 Å². The van der Waals surface area contributed by atoms with E-state index in [9.17, 15) is 9.90 Å². The fourth-order valence-electron chi connectivity index (χ4n) is 3.17. The van der Waals surface area contributed by atoms with Crippen molar-refractivity contribution in [1.82, 2.24) is 0 Å². The van der Waals surface area contributed by atoms with E-state index in [1.165, 1.54) is 32.1 Å². The summed E-state index contributed by atoms with van der Waals surface area (Å²) >= 11 is 0. The molecule has 0 saturated heterocycles. The Labute approximate surface area is 164 Å². The van der Waals surface area contributed by atoms with E-state index < -0.39 is 5.97 Å². The number of allylic oxidation sites excluding steroid dienone is 2. The molecule has 1 aliphatic carbocycles. The molecule has 0 aromatic heterocycles. The maximum absolute atomic E-state index is 10.2. The summed E-state index contributed by atoms with van der Waals surface area (Å²) in [6.45, 7) is 4.20. The second-order valence-corrected chi connectivity index (χ2v) is 7.32. The monoisotopic (exact) mass is 370 g/mol. The van der Waals surface area contributed by atoms with Crippen molar-refractivity contribution in [3.63, 3.8) is 0 Å². The number of carboxylic acid groups (broad SMARTS) is 1. The number of aliphatic carboxylic acids is 1. The summed E-state index contributed by atoms with van der Waals surface area (Å²) < 4.78 is 0. The molecule has 0 aliphatic heterocycles. The summed E-state index contributed by atoms with van der Waals surface area (Å²) in [5.74, 6) is 7.16. The quantitative estimate of drug-likeness (QED) is 0.438. The zero-order chi connectivity index (χ0) is 19.9. The molecule has 0 heterocycles. The molecule has 2 N–H and O–H groups in total. The fraction of sp³-hybridized carbons (Fsp3) is 0.542. The van der Waals surface area contributed by atoms with Crippen molar-refractivity contribution in [3.8, 4) is 17.6 Å². The standard InChI is InChI=1S/C14H22.C10H12O3/c1-3-4-8-13(2)9-7-12-14-10-5-6-11-14;11-9-6-2-1-4-8(9)5-3-7-10(12)13/h7,12-14H,5-6,8-11H2,1-2H3;1-2,4,6,11H,3,5,7H2,(H,12,13)/b12-7+;. The van der Waals surface area contributed by atoms with Crippen LogP contribution in [0.5, 0.6) is 5.75 Å². The van der Waals surface area contributed by atoms with Crippen LogP contribution in [0.3, 0.4) is 0 Å². The van der Waals surface area contributed by atoms with Crippen molar-refractivity contribution in [2.24, 2.45) is 11.8 Å². The average Bonchev–Trinajstić information content (AvgIpc) is 3.15. The van der Waals surface area contributed by atoms with Crippen LogP contribution in [0.1, 0.15) is 70.8 Å². The number of rotatable bonds is 8. The minimum Gasteiger partial charge on any atom is -0.508 e. The summed E-state index contributed by atoms with van der Waals surface area (Å²) in [6, 6.07) is 6.99. The van der Waals surface area contributed by atoms with Crippen LogP contribution in [-0.2, 0) is 11.2 Å². The lowest BCUT2D eigenvalue weighted by atomic mass is 10.0. The molecular formula is C24H34O3. The number of aryl methyl sites for hydroxylation is 1. The lowest BCUT2D eigenvalue weighted by molar-refractivity contribution is -0.137. The van der Waals surface area contributed by atoms with E-state index in [1.54, 1.807) is 18.2 Å². The Morgan fingerprint density at radius 1 is 1.30 bits per heavy atom. The van der Waals surface area contributed by atoms with Gasteiger partial charge >= 0.3 is 5.97 Å². The van der Waals surface area contributed by atoms with E-state index in [0.717, 1.165) is 23.8 Å². The van der Waals surface area contributed by atoms with Crippen molar-refractivity contribution in [2.75, 3.05) is 0 Å². The number of hydrogen-bond acceptors (Lipinski definition) is 2. The Morgan fingerprint density at radius 2 is 2.00 bits per heavy atom. The Kier molecular flexibility index (Phi) is 11.8. The molecule has 3 nitrogen and oxygen atoms in total. The predicted molar refractivity (Wildman–Crippen MR) is 112 cm³/mol. The predicted octanol–water partition coefficient (Wildman–Crippen LogP) is 5.97. The maximum Gasteiger partial charge on any atom is 0.303 e. The van der Waals surface area contributed by atoms with Gasteiger partial charge in [-0.1, -0.05) is 50.1 Å². The highest BCUT2D eigenvalue weighted by Gasteiger charge is 2.10. The van der Waals surface area contributed by atoms with Gasteiger partial charge in [0.2, 0.25) is 0 Å². The third-order valence-corrected chi connectivity index (χ3v) is 4.80. The lowest BCUT2D eigenvalue weighted by Gasteiger charge is -2.04. The minimum absolute atomic E-state index is 0.147. The van der Waals surface area contributed by atoms with Crippen molar-refractivity contribution in [1.29, 1.82) is 0 Å². The topological polar surface area (TPSA) is 57.5 Å². The van der Waals surface area contributed by atoms with E-state index in [2.05, 4.69) is 30.9 Å². The van der Waals surface area contributed by atoms with Crippen molar-refractivity contribution >= 4 is 5.97 Å². The molecule has 0 radical (unpaired) electrons. The molecular weight excluding hydrogens is 336 g/mol. The van der Waals surface area contributed by atoms with E-state index in [4.69, 9.17) is 5.11 Å². The van der Waals surface area contributed by atoms with Crippen molar-refractivity contribution < 1.29 is 15.0 Å². The summed E-state index contributed by atoms with van der Waals surface area (Å²) in [4.78, 5) is 10.2. The van der Waals surface area contributed by atoms with Gasteiger partial charge in [-0.2, -0.15) is 0 Å². The summed E-state index contributed by atoms with van der Waals surface area (Å²) in [6.07, 6.45) is 14.1. The highest BCUT2D eigenvalue weighted by atomic mass is 16.4. The molecule has 1 unspecified atom stereocenters. The Hall–Kier alpha value is -2.21. The average molecular weight is 371 g/mol. The van der Waals surface area contributed by atoms with Gasteiger partial charge in [-0.05, 0) is 62.5 Å². The summed E-state index contributed by atoms with van der Waals surface area (Å²) in [5.41, 5.74) is 0.809. The lowest BCUT2D eigenvalue weighted by Crippen LogP contribution is -1.95. The van der Waals surface area contributed by atoms with Crippen LogP contribution in [0, 0.1) is 23.7 Å². The molecule has 148 valence electrons. The second-order valence-electron chi connectivity index (χ2n) is 7.32. The fourth-order valence-corrected chi connectivity index (χ4v) is 3.17. The number of hydrogen-bond donors (Lipinski definition) is 2. The molecule has 1 aromatic carbocycles. The van der Waals surface area contributed by atoms with Crippen molar-refractivity contribution in [3.05, 3.63) is 42.0 Å². The van der Waals surface area contributed by atoms with Crippen LogP contribution >= 0.6 is 0 Å². The zero-order valence-electron chi connectivity index (χ0n) is 16.8. The molecule has 1 aromatic rings. The van der Waals surface area contributed by atoms with Crippen LogP contribution in [0.15, 0.2) is 36.4 Å². The Balaban J connectivity index is 0.000000271. The number of aromatic hydroxyl groups is 1. The number of carboxylic acids is 1. The molecule has 1 saturated carbocycles. The molecule has 0 spiro atoms. The van der Waals surface area contributed by atoms with E-state index in [0.29, 0.717) is 12.8 Å². The number of benzene rings is 1. The first-order valence-corrected chi connectivity index (χ1v) is 10.1. The minimum atomic E-state index is -0.796. The van der Waals surface area contributed by atoms with Gasteiger partial charge in [0, 0.05) is 12.8 Å². The van der Waals surface area contributed by atoms with Gasteiger partial charge in [0.15, 0.2) is 0 Å². The highest BCUT2D eigenvalue weighted by Crippen LogP contribution is 2.26. The number of phenols is 1. The number of carbonyl (C=O) groups is 1. The van der Waals surface area contributed by atoms with E-state index in [-0.39, 0.29) is 12.2 Å². The van der Waals surface area contributed by atoms with Crippen LogP contribution in [0.25, 0.3) is 0 Å². The molecule has 27 heavy (non-hydrogen) atoms. The van der Waals surface area contributed by atoms with Crippen LogP contribution in [0.4, 0.5) is 0 Å². The van der Waals surface area contributed by atoms with Gasteiger partial charge in [-0.25, -0.2) is 0 Å². The smallest absolute Gasteiger partial charge is 0.303 e. The normalized spacial score (nSPS) is 14.9. The van der Waals surface area contributed by atoms with Gasteiger partial charge in [0.25, 0.3) is 0 Å². The Bertz CT molecular complexity index is 631. The number of phenolic OH excluding ortho intramolecular Hbond substituents is 1. The van der Waals surface area contributed by atoms with Gasteiger partial charge in [-0.3, -0.25) is 4.79 Å². The largest absolute Gasteiger partial charge is 0.508 e.